The second-order valence-electron chi connectivity index (χ2n) is 5.02. The number of aromatic nitrogens is 1. The first-order chi connectivity index (χ1) is 10.2. The number of para-hydroxylation sites is 1. The number of rotatable bonds is 5. The van der Waals surface area contributed by atoms with Crippen molar-refractivity contribution in [1.29, 1.82) is 0 Å². The minimum absolute atomic E-state index is 0.676. The Balaban J connectivity index is 1.57. The summed E-state index contributed by atoms with van der Waals surface area (Å²) >= 11 is 12.1. The number of H-pyrrole nitrogens is 1. The molecule has 1 aromatic heterocycles. The molecular weight excluding hydrogens is 303 g/mol. The Morgan fingerprint density at radius 2 is 1.86 bits per heavy atom. The Labute approximate surface area is 134 Å². The topological polar surface area (TPSA) is 27.8 Å². The summed E-state index contributed by atoms with van der Waals surface area (Å²) in [5, 5.41) is 6.14. The standard InChI is InChI=1S/C17H16Cl2N2/c18-14-6-5-12(16(19)9-14)7-8-20-10-13-11-21-17-4-2-1-3-15(13)17/h1-6,9,11,20-21H,7-8,10H2. The van der Waals surface area contributed by atoms with Crippen LogP contribution >= 0.6 is 23.2 Å². The summed E-state index contributed by atoms with van der Waals surface area (Å²) in [4.78, 5) is 3.29. The van der Waals surface area contributed by atoms with Gasteiger partial charge in [0.1, 0.15) is 0 Å². The monoisotopic (exact) mass is 318 g/mol. The van der Waals surface area contributed by atoms with Crippen molar-refractivity contribution < 1.29 is 0 Å². The van der Waals surface area contributed by atoms with Crippen molar-refractivity contribution in [2.45, 2.75) is 13.0 Å². The third-order valence-corrected chi connectivity index (χ3v) is 4.16. The van der Waals surface area contributed by atoms with Gasteiger partial charge in [-0.05, 0) is 42.3 Å². The summed E-state index contributed by atoms with van der Waals surface area (Å²) in [5.41, 5.74) is 3.58. The largest absolute Gasteiger partial charge is 0.361 e. The molecule has 108 valence electrons. The molecular formula is C17H16Cl2N2. The molecule has 2 N–H and O–H groups in total. The molecule has 4 heteroatoms. The SMILES string of the molecule is Clc1ccc(CCNCc2c[nH]c3ccccc23)c(Cl)c1. The smallest absolute Gasteiger partial charge is 0.0457 e. The zero-order valence-corrected chi connectivity index (χ0v) is 13.0. The van der Waals surface area contributed by atoms with Gasteiger partial charge in [-0.25, -0.2) is 0 Å². The van der Waals surface area contributed by atoms with Crippen LogP contribution in [0.4, 0.5) is 0 Å². The summed E-state index contributed by atoms with van der Waals surface area (Å²) in [5.74, 6) is 0. The van der Waals surface area contributed by atoms with Crippen molar-refractivity contribution in [2.24, 2.45) is 0 Å². The van der Waals surface area contributed by atoms with Crippen LogP contribution in [0.2, 0.25) is 10.0 Å². The number of nitrogens with one attached hydrogen (secondary N) is 2. The molecule has 2 aromatic carbocycles. The molecule has 0 unspecified atom stereocenters. The zero-order chi connectivity index (χ0) is 14.7. The molecule has 0 saturated carbocycles. The Bertz CT molecular complexity index is 749. The zero-order valence-electron chi connectivity index (χ0n) is 11.5. The molecule has 0 aliphatic heterocycles. The predicted octanol–water partition coefficient (Wildman–Crippen LogP) is 4.81. The van der Waals surface area contributed by atoms with E-state index in [0.29, 0.717) is 5.02 Å². The molecule has 0 spiro atoms. The highest BCUT2D eigenvalue weighted by Gasteiger charge is 2.03. The van der Waals surface area contributed by atoms with Crippen LogP contribution in [0.5, 0.6) is 0 Å². The Morgan fingerprint density at radius 1 is 1.00 bits per heavy atom. The molecule has 0 fully saturated rings. The molecule has 21 heavy (non-hydrogen) atoms. The molecule has 0 atom stereocenters. The van der Waals surface area contributed by atoms with Gasteiger partial charge in [-0.1, -0.05) is 47.5 Å². The average Bonchev–Trinajstić information content (AvgIpc) is 2.89. The lowest BCUT2D eigenvalue weighted by Crippen LogP contribution is -2.16. The Hall–Kier alpha value is -1.48. The van der Waals surface area contributed by atoms with Gasteiger partial charge in [0.15, 0.2) is 0 Å². The van der Waals surface area contributed by atoms with Gasteiger partial charge in [-0.2, -0.15) is 0 Å². The van der Waals surface area contributed by atoms with Gasteiger partial charge in [0.2, 0.25) is 0 Å². The van der Waals surface area contributed by atoms with Gasteiger partial charge in [-0.15, -0.1) is 0 Å². The molecule has 0 aliphatic carbocycles. The highest BCUT2D eigenvalue weighted by Crippen LogP contribution is 2.21. The third-order valence-electron chi connectivity index (χ3n) is 3.58. The third kappa shape index (κ3) is 3.41. The molecule has 3 rings (SSSR count). The maximum absolute atomic E-state index is 6.17. The van der Waals surface area contributed by atoms with Gasteiger partial charge < -0.3 is 10.3 Å². The van der Waals surface area contributed by atoms with E-state index in [1.807, 2.05) is 18.2 Å². The van der Waals surface area contributed by atoms with Gasteiger partial charge >= 0.3 is 0 Å². The lowest BCUT2D eigenvalue weighted by molar-refractivity contribution is 0.690. The first-order valence-corrected chi connectivity index (χ1v) is 7.69. The predicted molar refractivity (Wildman–Crippen MR) is 90.2 cm³/mol. The lowest BCUT2D eigenvalue weighted by atomic mass is 10.1. The average molecular weight is 319 g/mol. The highest BCUT2D eigenvalue weighted by molar-refractivity contribution is 6.35. The maximum Gasteiger partial charge on any atom is 0.0457 e. The van der Waals surface area contributed by atoms with Gasteiger partial charge in [0.25, 0.3) is 0 Å². The number of hydrogen-bond donors (Lipinski definition) is 2. The fourth-order valence-electron chi connectivity index (χ4n) is 2.45. The normalized spacial score (nSPS) is 11.1. The van der Waals surface area contributed by atoms with Crippen LogP contribution in [0.25, 0.3) is 10.9 Å². The van der Waals surface area contributed by atoms with E-state index in [0.717, 1.165) is 30.1 Å². The number of benzene rings is 2. The maximum atomic E-state index is 6.17. The van der Waals surface area contributed by atoms with Crippen molar-refractivity contribution in [3.05, 3.63) is 69.8 Å². The van der Waals surface area contributed by atoms with Crippen LogP contribution in [-0.4, -0.2) is 11.5 Å². The lowest BCUT2D eigenvalue weighted by Gasteiger charge is -2.06. The summed E-state index contributed by atoms with van der Waals surface area (Å²) in [7, 11) is 0. The summed E-state index contributed by atoms with van der Waals surface area (Å²) in [6.45, 7) is 1.72. The number of hydrogen-bond acceptors (Lipinski definition) is 1. The van der Waals surface area contributed by atoms with Crippen molar-refractivity contribution in [3.63, 3.8) is 0 Å². The first-order valence-electron chi connectivity index (χ1n) is 6.93. The fourth-order valence-corrected chi connectivity index (χ4v) is 2.95. The molecule has 0 saturated heterocycles. The Morgan fingerprint density at radius 3 is 2.71 bits per heavy atom. The molecule has 2 nitrogen and oxygen atoms in total. The van der Waals surface area contributed by atoms with Crippen LogP contribution in [0.15, 0.2) is 48.7 Å². The van der Waals surface area contributed by atoms with E-state index in [4.69, 9.17) is 23.2 Å². The quantitative estimate of drug-likeness (QED) is 0.649. The van der Waals surface area contributed by atoms with Crippen molar-refractivity contribution >= 4 is 34.1 Å². The van der Waals surface area contributed by atoms with Gasteiger partial charge in [-0.3, -0.25) is 0 Å². The van der Waals surface area contributed by atoms with E-state index in [1.54, 1.807) is 6.07 Å². The molecule has 3 aromatic rings. The molecule has 1 heterocycles. The van der Waals surface area contributed by atoms with Crippen LogP contribution < -0.4 is 5.32 Å². The van der Waals surface area contributed by atoms with E-state index in [2.05, 4.69) is 34.7 Å². The first kappa shape index (κ1) is 14.5. The minimum atomic E-state index is 0.676. The minimum Gasteiger partial charge on any atom is -0.361 e. The summed E-state index contributed by atoms with van der Waals surface area (Å²) in [6, 6.07) is 14.0. The van der Waals surface area contributed by atoms with Crippen LogP contribution in [-0.2, 0) is 13.0 Å². The van der Waals surface area contributed by atoms with Crippen molar-refractivity contribution in [1.82, 2.24) is 10.3 Å². The van der Waals surface area contributed by atoms with Crippen LogP contribution in [0.3, 0.4) is 0 Å². The highest BCUT2D eigenvalue weighted by atomic mass is 35.5. The van der Waals surface area contributed by atoms with Gasteiger partial charge in [0.05, 0.1) is 0 Å². The second kappa shape index (κ2) is 6.52. The number of aromatic amines is 1. The fraction of sp³-hybridized carbons (Fsp3) is 0.176. The summed E-state index contributed by atoms with van der Waals surface area (Å²) < 4.78 is 0. The van der Waals surface area contributed by atoms with Crippen molar-refractivity contribution in [2.75, 3.05) is 6.54 Å². The molecule has 0 amide bonds. The van der Waals surface area contributed by atoms with Crippen molar-refractivity contribution in [3.8, 4) is 0 Å². The van der Waals surface area contributed by atoms with E-state index in [1.165, 1.54) is 16.5 Å². The number of fused-ring (bicyclic) bond motifs is 1. The van der Waals surface area contributed by atoms with Gasteiger partial charge in [0, 0.05) is 33.7 Å². The molecule has 0 bridgehead atoms. The van der Waals surface area contributed by atoms with E-state index in [-0.39, 0.29) is 0 Å². The summed E-state index contributed by atoms with van der Waals surface area (Å²) in [6.07, 6.45) is 2.95. The number of halogens is 2. The van der Waals surface area contributed by atoms with E-state index >= 15 is 0 Å². The van der Waals surface area contributed by atoms with Crippen LogP contribution in [0.1, 0.15) is 11.1 Å². The second-order valence-corrected chi connectivity index (χ2v) is 5.87. The van der Waals surface area contributed by atoms with Crippen LogP contribution in [0, 0.1) is 0 Å². The van der Waals surface area contributed by atoms with E-state index < -0.39 is 0 Å². The molecule has 0 aliphatic rings. The Kier molecular flexibility index (Phi) is 4.49. The molecule has 0 radical (unpaired) electrons. The van der Waals surface area contributed by atoms with E-state index in [9.17, 15) is 0 Å².